The van der Waals surface area contributed by atoms with E-state index in [9.17, 15) is 4.39 Å². The molecular weight excluding hydrogens is 349 g/mol. The van der Waals surface area contributed by atoms with Crippen molar-refractivity contribution in [3.63, 3.8) is 0 Å². The summed E-state index contributed by atoms with van der Waals surface area (Å²) >= 11 is 0. The van der Waals surface area contributed by atoms with Crippen molar-refractivity contribution in [1.82, 2.24) is 4.57 Å². The standard InChI is InChI=1S/C25H32FNO/c1-6-7-8-9-16-27-18(2)24(19-10-12-20(26)13-11-19)22-17-21(14-15-23(22)27)28-25(3,4)5/h10-15,17H,6-9,16H2,1-5H3. The summed E-state index contributed by atoms with van der Waals surface area (Å²) in [5, 5.41) is 1.17. The lowest BCUT2D eigenvalue weighted by Gasteiger charge is -2.21. The van der Waals surface area contributed by atoms with E-state index in [0.717, 1.165) is 17.9 Å². The Morgan fingerprint density at radius 2 is 1.68 bits per heavy atom. The van der Waals surface area contributed by atoms with Crippen LogP contribution in [0.15, 0.2) is 42.5 Å². The molecule has 0 bridgehead atoms. The third-order valence-corrected chi connectivity index (χ3v) is 5.09. The van der Waals surface area contributed by atoms with Crippen LogP contribution in [0.5, 0.6) is 5.75 Å². The zero-order chi connectivity index (χ0) is 20.3. The number of hydrogen-bond acceptors (Lipinski definition) is 1. The first kappa shape index (κ1) is 20.4. The monoisotopic (exact) mass is 381 g/mol. The average molecular weight is 382 g/mol. The first-order valence-electron chi connectivity index (χ1n) is 10.4. The Hall–Kier alpha value is -2.29. The fraction of sp³-hybridized carbons (Fsp3) is 0.440. The van der Waals surface area contributed by atoms with Crippen molar-refractivity contribution in [3.8, 4) is 16.9 Å². The van der Waals surface area contributed by atoms with Crippen molar-refractivity contribution >= 4 is 10.9 Å². The van der Waals surface area contributed by atoms with Gasteiger partial charge in [-0.05, 0) is 70.0 Å². The van der Waals surface area contributed by atoms with Gasteiger partial charge in [-0.1, -0.05) is 38.3 Å². The van der Waals surface area contributed by atoms with Gasteiger partial charge in [0.05, 0.1) is 0 Å². The lowest BCUT2D eigenvalue weighted by molar-refractivity contribution is 0.131. The molecule has 0 saturated heterocycles. The van der Waals surface area contributed by atoms with E-state index in [-0.39, 0.29) is 11.4 Å². The van der Waals surface area contributed by atoms with Crippen LogP contribution in [0, 0.1) is 12.7 Å². The number of benzene rings is 2. The highest BCUT2D eigenvalue weighted by molar-refractivity contribution is 5.98. The van der Waals surface area contributed by atoms with E-state index < -0.39 is 0 Å². The van der Waals surface area contributed by atoms with Crippen LogP contribution >= 0.6 is 0 Å². The van der Waals surface area contributed by atoms with Crippen LogP contribution < -0.4 is 4.74 Å². The SMILES string of the molecule is CCCCCCn1c(C)c(-c2ccc(F)cc2)c2cc(OC(C)(C)C)ccc21. The number of ether oxygens (including phenoxy) is 1. The van der Waals surface area contributed by atoms with Crippen LogP contribution in [0.3, 0.4) is 0 Å². The number of nitrogens with zero attached hydrogens (tertiary/aromatic N) is 1. The molecule has 1 aromatic heterocycles. The first-order valence-corrected chi connectivity index (χ1v) is 10.4. The maximum atomic E-state index is 13.5. The van der Waals surface area contributed by atoms with Crippen LogP contribution in [-0.4, -0.2) is 10.2 Å². The van der Waals surface area contributed by atoms with Crippen molar-refractivity contribution in [2.75, 3.05) is 0 Å². The molecule has 0 radical (unpaired) electrons. The van der Waals surface area contributed by atoms with Gasteiger partial charge in [0, 0.05) is 28.7 Å². The number of unbranched alkanes of at least 4 members (excludes halogenated alkanes) is 3. The summed E-state index contributed by atoms with van der Waals surface area (Å²) in [4.78, 5) is 0. The summed E-state index contributed by atoms with van der Waals surface area (Å²) in [5.41, 5.74) is 4.41. The number of rotatable bonds is 7. The molecule has 3 aromatic rings. The lowest BCUT2D eigenvalue weighted by atomic mass is 10.0. The number of aromatic nitrogens is 1. The predicted molar refractivity (Wildman–Crippen MR) is 117 cm³/mol. The van der Waals surface area contributed by atoms with Crippen LogP contribution in [0.4, 0.5) is 4.39 Å². The van der Waals surface area contributed by atoms with E-state index >= 15 is 0 Å². The molecule has 0 saturated carbocycles. The second-order valence-electron chi connectivity index (χ2n) is 8.57. The van der Waals surface area contributed by atoms with Gasteiger partial charge < -0.3 is 9.30 Å². The fourth-order valence-corrected chi connectivity index (χ4v) is 3.84. The molecule has 0 aliphatic carbocycles. The molecule has 0 spiro atoms. The first-order chi connectivity index (χ1) is 13.3. The molecule has 0 N–H and O–H groups in total. The average Bonchev–Trinajstić information content (AvgIpc) is 2.89. The Balaban J connectivity index is 2.10. The molecule has 2 aromatic carbocycles. The number of hydrogen-bond donors (Lipinski definition) is 0. The smallest absolute Gasteiger partial charge is 0.123 e. The molecule has 0 atom stereocenters. The highest BCUT2D eigenvalue weighted by Crippen LogP contribution is 2.37. The van der Waals surface area contributed by atoms with Crippen molar-refractivity contribution in [2.45, 2.75) is 72.4 Å². The van der Waals surface area contributed by atoms with Gasteiger partial charge in [0.1, 0.15) is 17.2 Å². The lowest BCUT2D eigenvalue weighted by Crippen LogP contribution is -2.22. The van der Waals surface area contributed by atoms with Crippen LogP contribution in [0.25, 0.3) is 22.0 Å². The zero-order valence-electron chi connectivity index (χ0n) is 17.8. The van der Waals surface area contributed by atoms with Gasteiger partial charge in [-0.2, -0.15) is 0 Å². The minimum absolute atomic E-state index is 0.207. The van der Waals surface area contributed by atoms with Gasteiger partial charge in [-0.15, -0.1) is 0 Å². The van der Waals surface area contributed by atoms with Crippen molar-refractivity contribution in [3.05, 3.63) is 54.0 Å². The molecule has 2 nitrogen and oxygen atoms in total. The number of halogens is 1. The number of aryl methyl sites for hydroxylation is 1. The van der Waals surface area contributed by atoms with Crippen LogP contribution in [0.1, 0.15) is 59.1 Å². The van der Waals surface area contributed by atoms with Gasteiger partial charge in [-0.3, -0.25) is 0 Å². The summed E-state index contributed by atoms with van der Waals surface area (Å²) in [5.74, 6) is 0.660. The third kappa shape index (κ3) is 4.57. The maximum absolute atomic E-state index is 13.5. The molecule has 0 amide bonds. The topological polar surface area (TPSA) is 14.2 Å². The minimum atomic E-state index is -0.249. The largest absolute Gasteiger partial charge is 0.488 e. The summed E-state index contributed by atoms with van der Waals surface area (Å²) in [6.45, 7) is 11.6. The van der Waals surface area contributed by atoms with Gasteiger partial charge in [0.15, 0.2) is 0 Å². The van der Waals surface area contributed by atoms with E-state index in [4.69, 9.17) is 4.74 Å². The number of fused-ring (bicyclic) bond motifs is 1. The van der Waals surface area contributed by atoms with Crippen molar-refractivity contribution in [1.29, 1.82) is 0 Å². The Kier molecular flexibility index (Phi) is 6.12. The molecule has 0 unspecified atom stereocenters. The van der Waals surface area contributed by atoms with Crippen LogP contribution in [-0.2, 0) is 6.54 Å². The fourth-order valence-electron chi connectivity index (χ4n) is 3.84. The van der Waals surface area contributed by atoms with Gasteiger partial charge in [-0.25, -0.2) is 4.39 Å². The molecule has 3 rings (SSSR count). The van der Waals surface area contributed by atoms with E-state index in [1.807, 2.05) is 12.1 Å². The van der Waals surface area contributed by atoms with Gasteiger partial charge in [0.2, 0.25) is 0 Å². The zero-order valence-corrected chi connectivity index (χ0v) is 17.8. The quantitative estimate of drug-likeness (QED) is 0.386. The second kappa shape index (κ2) is 8.38. The molecule has 28 heavy (non-hydrogen) atoms. The normalized spacial score (nSPS) is 11.9. The molecule has 150 valence electrons. The van der Waals surface area contributed by atoms with Crippen molar-refractivity contribution in [2.24, 2.45) is 0 Å². The molecular formula is C25H32FNO. The van der Waals surface area contributed by atoms with Crippen molar-refractivity contribution < 1.29 is 9.13 Å². The van der Waals surface area contributed by atoms with E-state index in [1.54, 1.807) is 0 Å². The van der Waals surface area contributed by atoms with E-state index in [1.165, 1.54) is 60.0 Å². The second-order valence-corrected chi connectivity index (χ2v) is 8.57. The molecule has 0 fully saturated rings. The third-order valence-electron chi connectivity index (χ3n) is 5.09. The highest BCUT2D eigenvalue weighted by Gasteiger charge is 2.18. The molecule has 0 aliphatic heterocycles. The molecule has 3 heteroatoms. The highest BCUT2D eigenvalue weighted by atomic mass is 19.1. The Labute approximate surface area is 168 Å². The summed E-state index contributed by atoms with van der Waals surface area (Å²) in [6, 6.07) is 13.2. The Morgan fingerprint density at radius 3 is 2.32 bits per heavy atom. The summed E-state index contributed by atoms with van der Waals surface area (Å²) in [7, 11) is 0. The van der Waals surface area contributed by atoms with E-state index in [0.29, 0.717) is 0 Å². The minimum Gasteiger partial charge on any atom is -0.488 e. The summed E-state index contributed by atoms with van der Waals surface area (Å²) < 4.78 is 22.0. The van der Waals surface area contributed by atoms with E-state index in [2.05, 4.69) is 57.4 Å². The van der Waals surface area contributed by atoms with Gasteiger partial charge >= 0.3 is 0 Å². The van der Waals surface area contributed by atoms with Crippen LogP contribution in [0.2, 0.25) is 0 Å². The predicted octanol–water partition coefficient (Wildman–Crippen LogP) is 7.51. The van der Waals surface area contributed by atoms with Gasteiger partial charge in [0.25, 0.3) is 0 Å². The maximum Gasteiger partial charge on any atom is 0.123 e. The molecule has 1 heterocycles. The Morgan fingerprint density at radius 1 is 0.964 bits per heavy atom. The molecule has 0 aliphatic rings. The Bertz CT molecular complexity index is 932. The summed E-state index contributed by atoms with van der Waals surface area (Å²) in [6.07, 6.45) is 4.92.